The SMILES string of the molecule is Cc1cc(N(C)OS(=O)O)cs1. The summed E-state index contributed by atoms with van der Waals surface area (Å²) in [6.45, 7) is 1.96. The third kappa shape index (κ3) is 2.56. The van der Waals surface area contributed by atoms with Crippen molar-refractivity contribution in [2.75, 3.05) is 12.1 Å². The van der Waals surface area contributed by atoms with Crippen molar-refractivity contribution >= 4 is 28.4 Å². The molecule has 0 aliphatic rings. The second kappa shape index (κ2) is 3.99. The van der Waals surface area contributed by atoms with Gasteiger partial charge in [-0.05, 0) is 13.0 Å². The Kier molecular flexibility index (Phi) is 3.21. The van der Waals surface area contributed by atoms with Crippen LogP contribution in [0.15, 0.2) is 11.4 Å². The first-order valence-electron chi connectivity index (χ1n) is 3.18. The van der Waals surface area contributed by atoms with Gasteiger partial charge in [0.05, 0.1) is 5.69 Å². The van der Waals surface area contributed by atoms with Gasteiger partial charge in [-0.3, -0.25) is 4.55 Å². The van der Waals surface area contributed by atoms with Gasteiger partial charge in [0.1, 0.15) is 0 Å². The van der Waals surface area contributed by atoms with Crippen LogP contribution < -0.4 is 5.06 Å². The summed E-state index contributed by atoms with van der Waals surface area (Å²) < 4.78 is 23.2. The van der Waals surface area contributed by atoms with E-state index < -0.39 is 11.4 Å². The fraction of sp³-hybridized carbons (Fsp3) is 0.333. The van der Waals surface area contributed by atoms with Crippen LogP contribution in [-0.4, -0.2) is 15.8 Å². The van der Waals surface area contributed by atoms with Gasteiger partial charge >= 0.3 is 11.4 Å². The van der Waals surface area contributed by atoms with E-state index in [2.05, 4.69) is 4.28 Å². The molecule has 0 aromatic carbocycles. The molecule has 0 saturated heterocycles. The highest BCUT2D eigenvalue weighted by atomic mass is 32.2. The standard InChI is InChI=1S/C6H9NO3S2/c1-5-3-6(4-11-5)7(2)10-12(8)9/h3-4H,1-2H3,(H,8,9). The Morgan fingerprint density at radius 3 is 2.83 bits per heavy atom. The van der Waals surface area contributed by atoms with Crippen molar-refractivity contribution in [1.29, 1.82) is 0 Å². The van der Waals surface area contributed by atoms with Crippen molar-refractivity contribution in [3.8, 4) is 0 Å². The third-order valence-corrected chi connectivity index (χ3v) is 2.46. The van der Waals surface area contributed by atoms with E-state index in [4.69, 9.17) is 4.55 Å². The summed E-state index contributed by atoms with van der Waals surface area (Å²) in [5, 5.41) is 3.11. The molecule has 1 unspecified atom stereocenters. The molecule has 1 aromatic heterocycles. The zero-order chi connectivity index (χ0) is 9.14. The van der Waals surface area contributed by atoms with Crippen molar-refractivity contribution in [1.82, 2.24) is 0 Å². The molecule has 0 spiro atoms. The first-order chi connectivity index (χ1) is 5.59. The van der Waals surface area contributed by atoms with E-state index in [0.29, 0.717) is 0 Å². The second-order valence-corrected chi connectivity index (χ2v) is 3.90. The van der Waals surface area contributed by atoms with Gasteiger partial charge in [0, 0.05) is 17.3 Å². The molecule has 1 heterocycles. The number of rotatable bonds is 3. The maximum absolute atomic E-state index is 10.2. The second-order valence-electron chi connectivity index (χ2n) is 2.20. The van der Waals surface area contributed by atoms with E-state index >= 15 is 0 Å². The molecule has 0 radical (unpaired) electrons. The van der Waals surface area contributed by atoms with Crippen molar-refractivity contribution in [3.05, 3.63) is 16.3 Å². The van der Waals surface area contributed by atoms with Gasteiger partial charge in [0.15, 0.2) is 0 Å². The molecule has 0 aliphatic heterocycles. The van der Waals surface area contributed by atoms with Gasteiger partial charge in [0.2, 0.25) is 0 Å². The highest BCUT2D eigenvalue weighted by Crippen LogP contribution is 2.21. The average Bonchev–Trinajstić information content (AvgIpc) is 2.34. The molecule has 0 aliphatic carbocycles. The first kappa shape index (κ1) is 9.66. The molecule has 12 heavy (non-hydrogen) atoms. The van der Waals surface area contributed by atoms with Crippen LogP contribution in [0, 0.1) is 6.92 Å². The molecule has 0 bridgehead atoms. The van der Waals surface area contributed by atoms with Crippen LogP contribution in [0.5, 0.6) is 0 Å². The molecular formula is C6H9NO3S2. The zero-order valence-corrected chi connectivity index (χ0v) is 8.32. The molecule has 0 saturated carbocycles. The highest BCUT2D eigenvalue weighted by Gasteiger charge is 2.05. The number of hydrogen-bond donors (Lipinski definition) is 1. The quantitative estimate of drug-likeness (QED) is 0.603. The van der Waals surface area contributed by atoms with Gasteiger partial charge in [-0.1, -0.05) is 0 Å². The van der Waals surface area contributed by atoms with Gasteiger partial charge in [-0.2, -0.15) is 4.21 Å². The van der Waals surface area contributed by atoms with Crippen molar-refractivity contribution in [2.24, 2.45) is 0 Å². The summed E-state index contributed by atoms with van der Waals surface area (Å²) >= 11 is -0.699. The van der Waals surface area contributed by atoms with Gasteiger partial charge in [-0.15, -0.1) is 15.6 Å². The maximum atomic E-state index is 10.2. The lowest BCUT2D eigenvalue weighted by Gasteiger charge is -2.12. The highest BCUT2D eigenvalue weighted by molar-refractivity contribution is 7.74. The van der Waals surface area contributed by atoms with Gasteiger partial charge in [0.25, 0.3) is 0 Å². The average molecular weight is 207 g/mol. The number of hydrogen-bond acceptors (Lipinski definition) is 4. The molecule has 1 N–H and O–H groups in total. The Hall–Kier alpha value is -0.430. The molecule has 0 fully saturated rings. The van der Waals surface area contributed by atoms with Crippen molar-refractivity contribution in [2.45, 2.75) is 6.92 Å². The van der Waals surface area contributed by atoms with Crippen molar-refractivity contribution in [3.63, 3.8) is 0 Å². The third-order valence-electron chi connectivity index (χ3n) is 1.26. The minimum absolute atomic E-state index is 0.778. The Bertz CT molecular complexity index is 286. The summed E-state index contributed by atoms with van der Waals surface area (Å²) in [6, 6.07) is 1.87. The minimum Gasteiger partial charge on any atom is -0.282 e. The van der Waals surface area contributed by atoms with E-state index in [1.165, 1.54) is 5.06 Å². The van der Waals surface area contributed by atoms with Crippen LogP contribution in [0.1, 0.15) is 4.88 Å². The Balaban J connectivity index is 2.64. The molecule has 68 valence electrons. The minimum atomic E-state index is -2.26. The van der Waals surface area contributed by atoms with E-state index in [1.807, 2.05) is 18.4 Å². The molecule has 1 aromatic rings. The van der Waals surface area contributed by atoms with Gasteiger partial charge < -0.3 is 0 Å². The lowest BCUT2D eigenvalue weighted by atomic mass is 10.4. The fourth-order valence-electron chi connectivity index (χ4n) is 0.733. The number of nitrogens with zero attached hydrogens (tertiary/aromatic N) is 1. The summed E-state index contributed by atoms with van der Waals surface area (Å²) in [7, 11) is 1.58. The fourth-order valence-corrected chi connectivity index (χ4v) is 1.72. The van der Waals surface area contributed by atoms with Crippen LogP contribution in [-0.2, 0) is 15.6 Å². The topological polar surface area (TPSA) is 49.8 Å². The summed E-state index contributed by atoms with van der Waals surface area (Å²) in [4.78, 5) is 1.13. The normalized spacial score (nSPS) is 12.9. The van der Waals surface area contributed by atoms with E-state index in [-0.39, 0.29) is 0 Å². The van der Waals surface area contributed by atoms with Gasteiger partial charge in [-0.25, -0.2) is 5.06 Å². The summed E-state index contributed by atoms with van der Waals surface area (Å²) in [5.74, 6) is 0. The Morgan fingerprint density at radius 1 is 1.75 bits per heavy atom. The van der Waals surface area contributed by atoms with Crippen LogP contribution in [0.25, 0.3) is 0 Å². The van der Waals surface area contributed by atoms with Crippen LogP contribution in [0.3, 0.4) is 0 Å². The lowest BCUT2D eigenvalue weighted by Crippen LogP contribution is -2.18. The van der Waals surface area contributed by atoms with E-state index in [1.54, 1.807) is 18.4 Å². The zero-order valence-electron chi connectivity index (χ0n) is 6.68. The Morgan fingerprint density at radius 2 is 2.42 bits per heavy atom. The first-order valence-corrected chi connectivity index (χ1v) is 5.09. The number of aryl methyl sites for hydroxylation is 1. The molecular weight excluding hydrogens is 198 g/mol. The number of thiophene rings is 1. The smallest absolute Gasteiger partial charge is 0.282 e. The predicted molar refractivity (Wildman–Crippen MR) is 49.3 cm³/mol. The number of hydroxylamine groups is 1. The maximum Gasteiger partial charge on any atom is 0.325 e. The van der Waals surface area contributed by atoms with E-state index in [0.717, 1.165) is 10.6 Å². The molecule has 0 amide bonds. The van der Waals surface area contributed by atoms with E-state index in [9.17, 15) is 4.21 Å². The molecule has 4 nitrogen and oxygen atoms in total. The van der Waals surface area contributed by atoms with Crippen LogP contribution in [0.2, 0.25) is 0 Å². The largest absolute Gasteiger partial charge is 0.325 e. The summed E-state index contributed by atoms with van der Waals surface area (Å²) in [5.41, 5.74) is 0.778. The van der Waals surface area contributed by atoms with Crippen molar-refractivity contribution < 1.29 is 13.0 Å². The number of anilines is 1. The Labute approximate surface area is 77.2 Å². The predicted octanol–water partition coefficient (Wildman–Crippen LogP) is 1.56. The monoisotopic (exact) mass is 207 g/mol. The lowest BCUT2D eigenvalue weighted by molar-refractivity contribution is 0.295. The molecule has 1 atom stereocenters. The summed E-state index contributed by atoms with van der Waals surface area (Å²) in [6.07, 6.45) is 0. The van der Waals surface area contributed by atoms with Crippen LogP contribution in [0.4, 0.5) is 5.69 Å². The van der Waals surface area contributed by atoms with Crippen LogP contribution >= 0.6 is 11.3 Å². The molecule has 1 rings (SSSR count). The molecule has 6 heteroatoms.